The summed E-state index contributed by atoms with van der Waals surface area (Å²) in [7, 11) is 0. The van der Waals surface area contributed by atoms with Crippen LogP contribution in [0.2, 0.25) is 0 Å². The molecule has 6 nitrogen and oxygen atoms in total. The van der Waals surface area contributed by atoms with Gasteiger partial charge in [-0.25, -0.2) is 9.97 Å². The van der Waals surface area contributed by atoms with E-state index in [1.165, 1.54) is 11.3 Å². The minimum Gasteiger partial charge on any atom is -0.269 e. The fraction of sp³-hybridized carbons (Fsp3) is 0. The van der Waals surface area contributed by atoms with Gasteiger partial charge in [0.15, 0.2) is 4.96 Å². The molecule has 4 aromatic heterocycles. The van der Waals surface area contributed by atoms with E-state index < -0.39 is 0 Å². The van der Waals surface area contributed by atoms with Crippen molar-refractivity contribution in [1.82, 2.24) is 23.9 Å². The van der Waals surface area contributed by atoms with E-state index >= 15 is 0 Å². The average Bonchev–Trinajstić information content (AvgIpc) is 3.48. The van der Waals surface area contributed by atoms with Gasteiger partial charge in [0.25, 0.3) is 5.56 Å². The highest BCUT2D eigenvalue weighted by atomic mass is 32.1. The Bertz CT molecular complexity index is 2230. The van der Waals surface area contributed by atoms with Gasteiger partial charge in [0.1, 0.15) is 5.65 Å². The van der Waals surface area contributed by atoms with E-state index in [4.69, 9.17) is 9.97 Å². The molecule has 8 rings (SSSR count). The second kappa shape index (κ2) is 7.56. The highest BCUT2D eigenvalue weighted by Gasteiger charge is 2.23. The van der Waals surface area contributed by atoms with Crippen molar-refractivity contribution in [1.29, 1.82) is 0 Å². The van der Waals surface area contributed by atoms with E-state index in [-0.39, 0.29) is 5.56 Å². The molecule has 0 unspecified atom stereocenters. The predicted molar refractivity (Wildman–Crippen MR) is 150 cm³/mol. The standard InChI is InChI=1S/C30H17N5OS/c36-27-25-20-13-5-7-15-22(20)34(28(25)35-23-16-8-9-17-24(23)37-30(35)33-27)29-31-21-14-6-4-12-19(21)26(32-29)18-10-2-1-3-11-18/h1-17H. The normalized spacial score (nSPS) is 11.9. The Morgan fingerprint density at radius 3 is 2.22 bits per heavy atom. The molecule has 0 aliphatic rings. The third-order valence-corrected chi connectivity index (χ3v) is 7.83. The third-order valence-electron chi connectivity index (χ3n) is 6.81. The highest BCUT2D eigenvalue weighted by molar-refractivity contribution is 7.23. The van der Waals surface area contributed by atoms with Crippen molar-refractivity contribution >= 4 is 59.4 Å². The van der Waals surface area contributed by atoms with Crippen molar-refractivity contribution in [3.63, 3.8) is 0 Å². The number of para-hydroxylation sites is 3. The molecule has 0 fully saturated rings. The van der Waals surface area contributed by atoms with E-state index in [9.17, 15) is 4.79 Å². The van der Waals surface area contributed by atoms with Gasteiger partial charge < -0.3 is 0 Å². The lowest BCUT2D eigenvalue weighted by Gasteiger charge is -2.12. The highest BCUT2D eigenvalue weighted by Crippen LogP contribution is 2.35. The van der Waals surface area contributed by atoms with E-state index in [2.05, 4.69) is 33.7 Å². The molecule has 0 amide bonds. The molecule has 0 aliphatic heterocycles. The summed E-state index contributed by atoms with van der Waals surface area (Å²) in [5.41, 5.74) is 5.02. The molecule has 0 spiro atoms. The van der Waals surface area contributed by atoms with Gasteiger partial charge in [-0.1, -0.05) is 90.2 Å². The number of fused-ring (bicyclic) bond motifs is 8. The van der Waals surface area contributed by atoms with Gasteiger partial charge in [0, 0.05) is 16.3 Å². The molecule has 7 heteroatoms. The van der Waals surface area contributed by atoms with E-state index in [1.54, 1.807) is 0 Å². The topological polar surface area (TPSA) is 65.1 Å². The summed E-state index contributed by atoms with van der Waals surface area (Å²) in [5.74, 6) is 0.512. The number of rotatable bonds is 2. The van der Waals surface area contributed by atoms with Crippen LogP contribution < -0.4 is 5.56 Å². The summed E-state index contributed by atoms with van der Waals surface area (Å²) >= 11 is 1.50. The zero-order chi connectivity index (χ0) is 24.5. The molecule has 0 N–H and O–H groups in total. The molecule has 4 aromatic carbocycles. The predicted octanol–water partition coefficient (Wildman–Crippen LogP) is 6.62. The van der Waals surface area contributed by atoms with Crippen molar-refractivity contribution in [3.8, 4) is 17.2 Å². The molecule has 37 heavy (non-hydrogen) atoms. The Balaban J connectivity index is 1.61. The van der Waals surface area contributed by atoms with Gasteiger partial charge in [-0.05, 0) is 24.3 Å². The number of thiazole rings is 1. The summed E-state index contributed by atoms with van der Waals surface area (Å²) in [6, 6.07) is 34.2. The first-order valence-corrected chi connectivity index (χ1v) is 12.8. The van der Waals surface area contributed by atoms with Crippen LogP contribution in [-0.2, 0) is 0 Å². The number of hydrogen-bond donors (Lipinski definition) is 0. The molecule has 8 aromatic rings. The Kier molecular flexibility index (Phi) is 4.15. The monoisotopic (exact) mass is 495 g/mol. The number of benzene rings is 4. The van der Waals surface area contributed by atoms with Crippen LogP contribution in [0.3, 0.4) is 0 Å². The van der Waals surface area contributed by atoms with Crippen LogP contribution in [0.1, 0.15) is 0 Å². The summed E-state index contributed by atoms with van der Waals surface area (Å²) in [6.45, 7) is 0. The lowest BCUT2D eigenvalue weighted by molar-refractivity contribution is 0.986. The van der Waals surface area contributed by atoms with Crippen LogP contribution >= 0.6 is 11.3 Å². The van der Waals surface area contributed by atoms with Crippen molar-refractivity contribution in [2.45, 2.75) is 0 Å². The molecule has 174 valence electrons. The van der Waals surface area contributed by atoms with Crippen molar-refractivity contribution in [3.05, 3.63) is 113 Å². The first kappa shape index (κ1) is 20.3. The molecule has 0 radical (unpaired) electrons. The first-order chi connectivity index (χ1) is 18.3. The summed E-state index contributed by atoms with van der Waals surface area (Å²) in [6.07, 6.45) is 0. The molecule has 0 aliphatic carbocycles. The number of hydrogen-bond acceptors (Lipinski definition) is 5. The summed E-state index contributed by atoms with van der Waals surface area (Å²) < 4.78 is 5.14. The van der Waals surface area contributed by atoms with Crippen LogP contribution in [0, 0.1) is 0 Å². The molecule has 4 heterocycles. The lowest BCUT2D eigenvalue weighted by atomic mass is 10.1. The molecular weight excluding hydrogens is 478 g/mol. The zero-order valence-electron chi connectivity index (χ0n) is 19.4. The lowest BCUT2D eigenvalue weighted by Crippen LogP contribution is -2.11. The fourth-order valence-corrected chi connectivity index (χ4v) is 6.24. The number of aromatic nitrogens is 5. The zero-order valence-corrected chi connectivity index (χ0v) is 20.2. The molecule has 0 bridgehead atoms. The molecule has 0 saturated carbocycles. The Morgan fingerprint density at radius 1 is 0.649 bits per heavy atom. The maximum absolute atomic E-state index is 13.5. The fourth-order valence-electron chi connectivity index (χ4n) is 5.23. The van der Waals surface area contributed by atoms with Gasteiger partial charge in [-0.15, -0.1) is 0 Å². The second-order valence-corrected chi connectivity index (χ2v) is 9.92. The second-order valence-electron chi connectivity index (χ2n) is 8.91. The van der Waals surface area contributed by atoms with Crippen LogP contribution in [0.15, 0.2) is 108 Å². The third kappa shape index (κ3) is 2.86. The van der Waals surface area contributed by atoms with E-state index in [0.29, 0.717) is 16.3 Å². The first-order valence-electron chi connectivity index (χ1n) is 11.9. The van der Waals surface area contributed by atoms with Crippen molar-refractivity contribution < 1.29 is 0 Å². The maximum atomic E-state index is 13.5. The summed E-state index contributed by atoms with van der Waals surface area (Å²) in [5, 5.41) is 2.37. The van der Waals surface area contributed by atoms with Gasteiger partial charge >= 0.3 is 0 Å². The largest absolute Gasteiger partial charge is 0.284 e. The SMILES string of the molecule is O=c1nc2sc3ccccc3n2c2c1c1ccccc1n2-c1nc(-c2ccccc2)c2ccccc2n1. The van der Waals surface area contributed by atoms with Gasteiger partial charge in [-0.2, -0.15) is 4.98 Å². The molecule has 0 saturated heterocycles. The van der Waals surface area contributed by atoms with Crippen molar-refractivity contribution in [2.75, 3.05) is 0 Å². The minimum absolute atomic E-state index is 0.249. The average molecular weight is 496 g/mol. The van der Waals surface area contributed by atoms with Crippen molar-refractivity contribution in [2.24, 2.45) is 0 Å². The maximum Gasteiger partial charge on any atom is 0.284 e. The minimum atomic E-state index is -0.249. The van der Waals surface area contributed by atoms with E-state index in [0.717, 1.165) is 48.9 Å². The number of nitrogens with zero attached hydrogens (tertiary/aromatic N) is 5. The Labute approximate surface area is 213 Å². The van der Waals surface area contributed by atoms with Gasteiger partial charge in [0.2, 0.25) is 5.95 Å². The Morgan fingerprint density at radius 2 is 1.35 bits per heavy atom. The van der Waals surface area contributed by atoms with E-state index in [1.807, 2.05) is 83.4 Å². The summed E-state index contributed by atoms with van der Waals surface area (Å²) in [4.78, 5) is 28.7. The Hall–Kier alpha value is -4.88. The molecule has 0 atom stereocenters. The van der Waals surface area contributed by atoms with Crippen LogP contribution in [0.4, 0.5) is 0 Å². The molecular formula is C30H17N5OS. The smallest absolute Gasteiger partial charge is 0.269 e. The van der Waals surface area contributed by atoms with Gasteiger partial charge in [-0.3, -0.25) is 13.8 Å². The van der Waals surface area contributed by atoms with Crippen LogP contribution in [-0.4, -0.2) is 23.9 Å². The van der Waals surface area contributed by atoms with Gasteiger partial charge in [0.05, 0.1) is 32.3 Å². The van der Waals surface area contributed by atoms with Crippen LogP contribution in [0.25, 0.3) is 65.2 Å². The van der Waals surface area contributed by atoms with Crippen LogP contribution in [0.5, 0.6) is 0 Å². The quantitative estimate of drug-likeness (QED) is 0.270.